The van der Waals surface area contributed by atoms with Crippen LogP contribution in [0.1, 0.15) is 83.1 Å². The van der Waals surface area contributed by atoms with Crippen LogP contribution in [0.3, 0.4) is 0 Å². The molecule has 0 aliphatic carbocycles. The van der Waals surface area contributed by atoms with E-state index in [1.807, 2.05) is 18.2 Å². The van der Waals surface area contributed by atoms with Gasteiger partial charge in [-0.05, 0) is 42.4 Å². The Morgan fingerprint density at radius 3 is 1.91 bits per heavy atom. The van der Waals surface area contributed by atoms with Crippen LogP contribution in [0.2, 0.25) is 0 Å². The van der Waals surface area contributed by atoms with Crippen molar-refractivity contribution in [1.29, 1.82) is 0 Å². The van der Waals surface area contributed by atoms with Crippen LogP contribution in [0, 0.1) is 0 Å². The number of para-hydroxylation sites is 2. The van der Waals surface area contributed by atoms with Crippen molar-refractivity contribution in [3.63, 3.8) is 0 Å². The number of ether oxygens (including phenoxy) is 1. The van der Waals surface area contributed by atoms with Gasteiger partial charge < -0.3 is 9.84 Å². The molecule has 0 unspecified atom stereocenters. The van der Waals surface area contributed by atoms with Crippen LogP contribution in [0.25, 0.3) is 0 Å². The van der Waals surface area contributed by atoms with E-state index in [1.165, 1.54) is 69.9 Å². The van der Waals surface area contributed by atoms with E-state index < -0.39 is 20.8 Å². The van der Waals surface area contributed by atoms with Crippen molar-refractivity contribution in [2.45, 2.75) is 88.9 Å². The zero-order chi connectivity index (χ0) is 22.5. The minimum absolute atomic E-state index is 0. The van der Waals surface area contributed by atoms with Gasteiger partial charge in [-0.25, -0.2) is 0 Å². The molecule has 0 saturated carbocycles. The molecule has 0 atom stereocenters. The summed E-state index contributed by atoms with van der Waals surface area (Å²) in [5.74, 6) is -0.407. The molecule has 2 aromatic rings. The molecule has 0 radical (unpaired) electrons. The number of hydrogen-bond donors (Lipinski definition) is 1. The molecular weight excluding hydrogens is 451 g/mol. The summed E-state index contributed by atoms with van der Waals surface area (Å²) in [4.78, 5) is -0.673. The maximum Gasteiger partial charge on any atom is 1.00 e. The molecule has 5 nitrogen and oxygen atoms in total. The molecule has 2 aromatic carbocycles. The average Bonchev–Trinajstić information content (AvgIpc) is 2.73. The third kappa shape index (κ3) is 10.7. The van der Waals surface area contributed by atoms with E-state index in [2.05, 4.69) is 6.92 Å². The summed E-state index contributed by atoms with van der Waals surface area (Å²) in [6.07, 6.45) is 14.9. The molecule has 0 bridgehead atoms. The van der Waals surface area contributed by atoms with Crippen LogP contribution in [0.5, 0.6) is 17.2 Å². The predicted molar refractivity (Wildman–Crippen MR) is 122 cm³/mol. The minimum atomic E-state index is -4.58. The van der Waals surface area contributed by atoms with Crippen molar-refractivity contribution in [1.82, 2.24) is 0 Å². The third-order valence-electron chi connectivity index (χ3n) is 5.46. The molecule has 0 fully saturated rings. The first-order chi connectivity index (χ1) is 14.9. The average molecular weight is 487 g/mol. The first kappa shape index (κ1) is 29.6. The Balaban J connectivity index is 0.00000512. The van der Waals surface area contributed by atoms with Gasteiger partial charge in [-0.3, -0.25) is 4.55 Å². The smallest absolute Gasteiger partial charge is 0.869 e. The largest absolute Gasteiger partial charge is 1.00 e. The van der Waals surface area contributed by atoms with Crippen molar-refractivity contribution >= 4 is 10.1 Å². The van der Waals surface area contributed by atoms with E-state index in [1.54, 1.807) is 6.07 Å². The maximum atomic E-state index is 12.3. The number of benzene rings is 2. The minimum Gasteiger partial charge on any atom is -0.869 e. The molecule has 172 valence electrons. The Bertz CT molecular complexity index is 899. The second-order valence-electron chi connectivity index (χ2n) is 8.05. The van der Waals surface area contributed by atoms with Gasteiger partial charge in [0, 0.05) is 0 Å². The van der Waals surface area contributed by atoms with Gasteiger partial charge in [0.15, 0.2) is 0 Å². The van der Waals surface area contributed by atoms with Crippen LogP contribution < -0.4 is 61.2 Å². The first-order valence-electron chi connectivity index (χ1n) is 11.5. The van der Waals surface area contributed by atoms with Gasteiger partial charge in [0.25, 0.3) is 10.1 Å². The second-order valence-corrected chi connectivity index (χ2v) is 9.44. The van der Waals surface area contributed by atoms with E-state index in [4.69, 9.17) is 4.74 Å². The van der Waals surface area contributed by atoms with Crippen molar-refractivity contribution in [2.75, 3.05) is 0 Å². The van der Waals surface area contributed by atoms with Gasteiger partial charge >= 0.3 is 51.4 Å². The van der Waals surface area contributed by atoms with Gasteiger partial charge in [-0.15, -0.1) is 0 Å². The standard InChI is InChI=1S/C25H36O5S.K/c1-2-3-4-5-6-7-8-9-10-11-12-16-21-17-13-14-18-22(21)30-23-19-15-20-24(25(23)26)31(27,28)29;/h13-15,17-20,26H,2-12,16H2,1H3,(H,27,28,29);/q;+1/p-1. The molecule has 0 spiro atoms. The fourth-order valence-electron chi connectivity index (χ4n) is 3.69. The molecule has 32 heavy (non-hydrogen) atoms. The van der Waals surface area contributed by atoms with Gasteiger partial charge in [-0.1, -0.05) is 95.4 Å². The van der Waals surface area contributed by atoms with Crippen LogP contribution in [-0.4, -0.2) is 13.0 Å². The summed E-state index contributed by atoms with van der Waals surface area (Å²) >= 11 is 0. The zero-order valence-corrected chi connectivity index (χ0v) is 23.5. The molecule has 0 aliphatic heterocycles. The molecule has 0 aliphatic rings. The van der Waals surface area contributed by atoms with E-state index in [9.17, 15) is 18.1 Å². The monoisotopic (exact) mass is 486 g/mol. The maximum absolute atomic E-state index is 12.3. The van der Waals surface area contributed by atoms with Crippen molar-refractivity contribution in [3.05, 3.63) is 48.0 Å². The van der Waals surface area contributed by atoms with Gasteiger partial charge in [0.2, 0.25) is 0 Å². The van der Waals surface area contributed by atoms with Crippen molar-refractivity contribution in [2.24, 2.45) is 0 Å². The fraction of sp³-hybridized carbons (Fsp3) is 0.520. The second kappa shape index (κ2) is 16.3. The van der Waals surface area contributed by atoms with E-state index in [0.717, 1.165) is 30.9 Å². The molecule has 2 rings (SSSR count). The molecule has 0 amide bonds. The predicted octanol–water partition coefficient (Wildman–Crippen LogP) is 3.66. The number of unbranched alkanes of at least 4 members (excludes halogenated alkanes) is 10. The van der Waals surface area contributed by atoms with Crippen LogP contribution >= 0.6 is 0 Å². The third-order valence-corrected chi connectivity index (χ3v) is 6.34. The Labute approximate surface area is 236 Å². The molecule has 1 N–H and O–H groups in total. The van der Waals surface area contributed by atoms with Gasteiger partial charge in [-0.2, -0.15) is 8.42 Å². The number of aryl methyl sites for hydroxylation is 1. The first-order valence-corrected chi connectivity index (χ1v) is 12.9. The Morgan fingerprint density at radius 2 is 1.31 bits per heavy atom. The summed E-state index contributed by atoms with van der Waals surface area (Å²) < 4.78 is 37.6. The Morgan fingerprint density at radius 1 is 0.781 bits per heavy atom. The van der Waals surface area contributed by atoms with Crippen LogP contribution in [0.15, 0.2) is 47.4 Å². The van der Waals surface area contributed by atoms with Crippen LogP contribution in [-0.2, 0) is 16.5 Å². The normalized spacial score (nSPS) is 11.2. The summed E-state index contributed by atoms with van der Waals surface area (Å²) in [6.45, 7) is 2.24. The Hall–Kier alpha value is -0.414. The summed E-state index contributed by atoms with van der Waals surface area (Å²) in [7, 11) is -4.58. The summed E-state index contributed by atoms with van der Waals surface area (Å²) in [5.41, 5.74) is 0.982. The van der Waals surface area contributed by atoms with Crippen molar-refractivity contribution < 1.29 is 74.2 Å². The van der Waals surface area contributed by atoms with E-state index >= 15 is 0 Å². The van der Waals surface area contributed by atoms with E-state index in [0.29, 0.717) is 5.75 Å². The number of rotatable bonds is 15. The molecule has 0 aromatic heterocycles. The topological polar surface area (TPSA) is 86.7 Å². The quantitative estimate of drug-likeness (QED) is 0.236. The van der Waals surface area contributed by atoms with Gasteiger partial charge in [0.1, 0.15) is 11.5 Å². The number of hydrogen-bond acceptors (Lipinski definition) is 4. The molecule has 0 heterocycles. The molecule has 7 heteroatoms. The van der Waals surface area contributed by atoms with Crippen molar-refractivity contribution in [3.8, 4) is 17.2 Å². The SMILES string of the molecule is CCCCCCCCCCCCCc1ccccc1Oc1cccc(S(=O)(=O)O)c1[O-].[K+]. The van der Waals surface area contributed by atoms with E-state index in [-0.39, 0.29) is 57.1 Å². The summed E-state index contributed by atoms with van der Waals surface area (Å²) in [5, 5.41) is 12.3. The Kier molecular flexibility index (Phi) is 15.0. The van der Waals surface area contributed by atoms with Gasteiger partial charge in [0.05, 0.1) is 4.90 Å². The summed E-state index contributed by atoms with van der Waals surface area (Å²) in [6, 6.07) is 11.3. The molecule has 0 saturated heterocycles. The fourth-order valence-corrected chi connectivity index (χ4v) is 4.27. The molecular formula is C25H35KO5S. The van der Waals surface area contributed by atoms with Crippen LogP contribution in [0.4, 0.5) is 0 Å². The zero-order valence-electron chi connectivity index (χ0n) is 19.5.